The Morgan fingerprint density at radius 2 is 2.00 bits per heavy atom. The fraction of sp³-hybridized carbons (Fsp3) is 0. The number of para-hydroxylation sites is 1. The van der Waals surface area contributed by atoms with Gasteiger partial charge in [0.2, 0.25) is 5.78 Å². The monoisotopic (exact) mass is 241 g/mol. The molecule has 0 unspecified atom stereocenters. The lowest BCUT2D eigenvalue weighted by atomic mass is 10.1. The van der Waals surface area contributed by atoms with Crippen LogP contribution in [-0.4, -0.2) is 16.0 Å². The number of carbonyl (C=O) groups excluding carboxylic acids is 2. The van der Waals surface area contributed by atoms with E-state index < -0.39 is 11.0 Å². The zero-order chi connectivity index (χ0) is 11.0. The van der Waals surface area contributed by atoms with Crippen molar-refractivity contribution in [2.45, 2.75) is 0 Å². The average Bonchev–Trinajstić information content (AvgIpc) is 2.61. The highest BCUT2D eigenvalue weighted by molar-refractivity contribution is 6.83. The molecular formula is C10H5Cl2NO2. The van der Waals surface area contributed by atoms with Gasteiger partial charge in [-0.3, -0.25) is 9.59 Å². The summed E-state index contributed by atoms with van der Waals surface area (Å²) in [7, 11) is 0. The van der Waals surface area contributed by atoms with Gasteiger partial charge in [-0.25, -0.2) is 0 Å². The van der Waals surface area contributed by atoms with E-state index >= 15 is 0 Å². The van der Waals surface area contributed by atoms with Crippen LogP contribution in [0.2, 0.25) is 5.02 Å². The third kappa shape index (κ3) is 1.64. The molecule has 0 aliphatic heterocycles. The number of aromatic amines is 1. The van der Waals surface area contributed by atoms with Crippen LogP contribution in [0, 0.1) is 0 Å². The van der Waals surface area contributed by atoms with Gasteiger partial charge in [0, 0.05) is 11.6 Å². The normalized spacial score (nSPS) is 10.5. The molecule has 3 nitrogen and oxygen atoms in total. The maximum absolute atomic E-state index is 11.4. The summed E-state index contributed by atoms with van der Waals surface area (Å²) in [6.07, 6.45) is 1.43. The van der Waals surface area contributed by atoms with E-state index in [0.29, 0.717) is 15.9 Å². The Bertz CT molecular complexity index is 560. The first-order valence-corrected chi connectivity index (χ1v) is 4.86. The van der Waals surface area contributed by atoms with Crippen molar-refractivity contribution in [3.8, 4) is 0 Å². The van der Waals surface area contributed by atoms with E-state index in [1.807, 2.05) is 0 Å². The van der Waals surface area contributed by atoms with Crippen molar-refractivity contribution >= 4 is 45.1 Å². The fourth-order valence-electron chi connectivity index (χ4n) is 1.41. The highest BCUT2D eigenvalue weighted by atomic mass is 35.5. The van der Waals surface area contributed by atoms with Crippen LogP contribution in [0.15, 0.2) is 24.4 Å². The maximum atomic E-state index is 11.4. The minimum atomic E-state index is -1.00. The first-order chi connectivity index (χ1) is 7.11. The van der Waals surface area contributed by atoms with E-state index in [2.05, 4.69) is 4.98 Å². The van der Waals surface area contributed by atoms with Crippen LogP contribution < -0.4 is 0 Å². The quantitative estimate of drug-likeness (QED) is 0.500. The van der Waals surface area contributed by atoms with Gasteiger partial charge in [0.05, 0.1) is 16.1 Å². The fourth-order valence-corrected chi connectivity index (χ4v) is 1.74. The highest BCUT2D eigenvalue weighted by Crippen LogP contribution is 2.25. The molecule has 0 fully saturated rings. The molecule has 2 aromatic rings. The van der Waals surface area contributed by atoms with Gasteiger partial charge in [0.1, 0.15) is 0 Å². The molecular weight excluding hydrogens is 237 g/mol. The lowest BCUT2D eigenvalue weighted by molar-refractivity contribution is -0.108. The minimum absolute atomic E-state index is 0.243. The van der Waals surface area contributed by atoms with E-state index in [-0.39, 0.29) is 5.56 Å². The Morgan fingerprint density at radius 1 is 1.27 bits per heavy atom. The predicted molar refractivity (Wildman–Crippen MR) is 58.5 cm³/mol. The molecule has 0 spiro atoms. The molecule has 0 bridgehead atoms. The summed E-state index contributed by atoms with van der Waals surface area (Å²) in [6.45, 7) is 0. The van der Waals surface area contributed by atoms with Crippen molar-refractivity contribution in [2.24, 2.45) is 0 Å². The first kappa shape index (κ1) is 10.2. The first-order valence-electron chi connectivity index (χ1n) is 4.11. The number of H-pyrrole nitrogens is 1. The van der Waals surface area contributed by atoms with Crippen molar-refractivity contribution in [1.29, 1.82) is 0 Å². The molecule has 1 heterocycles. The topological polar surface area (TPSA) is 49.9 Å². The second-order valence-electron chi connectivity index (χ2n) is 2.97. The average molecular weight is 242 g/mol. The van der Waals surface area contributed by atoms with Crippen molar-refractivity contribution in [3.05, 3.63) is 35.0 Å². The number of hydrogen-bond acceptors (Lipinski definition) is 2. The summed E-state index contributed by atoms with van der Waals surface area (Å²) in [6, 6.07) is 5.09. The third-order valence-electron chi connectivity index (χ3n) is 2.09. The van der Waals surface area contributed by atoms with Gasteiger partial charge in [-0.2, -0.15) is 0 Å². The van der Waals surface area contributed by atoms with E-state index in [4.69, 9.17) is 23.2 Å². The molecule has 76 valence electrons. The Morgan fingerprint density at radius 3 is 2.67 bits per heavy atom. The summed E-state index contributed by atoms with van der Waals surface area (Å²) in [5, 5.41) is 0.0888. The molecule has 1 aromatic carbocycles. The number of benzene rings is 1. The summed E-state index contributed by atoms with van der Waals surface area (Å²) < 4.78 is 0. The standard InChI is InChI=1S/C10H5Cl2NO2/c11-7-3-1-2-5-6(4-13-8(5)7)9(14)10(12)15/h1-4,13H. The summed E-state index contributed by atoms with van der Waals surface area (Å²) >= 11 is 11.0. The van der Waals surface area contributed by atoms with Crippen LogP contribution >= 0.6 is 23.2 Å². The molecule has 5 heteroatoms. The van der Waals surface area contributed by atoms with Crippen LogP contribution in [0.4, 0.5) is 0 Å². The van der Waals surface area contributed by atoms with Gasteiger partial charge in [-0.15, -0.1) is 0 Å². The molecule has 0 radical (unpaired) electrons. The molecule has 0 aliphatic carbocycles. The van der Waals surface area contributed by atoms with E-state index in [0.717, 1.165) is 0 Å². The van der Waals surface area contributed by atoms with Crippen molar-refractivity contribution in [2.75, 3.05) is 0 Å². The third-order valence-corrected chi connectivity index (χ3v) is 2.57. The molecule has 0 aliphatic rings. The maximum Gasteiger partial charge on any atom is 0.293 e. The zero-order valence-corrected chi connectivity index (χ0v) is 8.89. The molecule has 0 atom stereocenters. The van der Waals surface area contributed by atoms with Gasteiger partial charge in [0.15, 0.2) is 0 Å². The van der Waals surface area contributed by atoms with Gasteiger partial charge < -0.3 is 4.98 Å². The van der Waals surface area contributed by atoms with Crippen molar-refractivity contribution in [1.82, 2.24) is 4.98 Å². The minimum Gasteiger partial charge on any atom is -0.359 e. The number of rotatable bonds is 2. The highest BCUT2D eigenvalue weighted by Gasteiger charge is 2.18. The predicted octanol–water partition coefficient (Wildman–Crippen LogP) is 2.77. The number of halogens is 2. The number of hydrogen-bond donors (Lipinski definition) is 1. The van der Waals surface area contributed by atoms with Crippen LogP contribution in [-0.2, 0) is 4.79 Å². The molecule has 2 rings (SSSR count). The van der Waals surface area contributed by atoms with Gasteiger partial charge in [0.25, 0.3) is 5.24 Å². The number of nitrogens with one attached hydrogen (secondary N) is 1. The number of aromatic nitrogens is 1. The van der Waals surface area contributed by atoms with Gasteiger partial charge in [-0.1, -0.05) is 23.7 Å². The van der Waals surface area contributed by atoms with Crippen LogP contribution in [0.3, 0.4) is 0 Å². The van der Waals surface area contributed by atoms with E-state index in [1.54, 1.807) is 18.2 Å². The van der Waals surface area contributed by atoms with Crippen molar-refractivity contribution < 1.29 is 9.59 Å². The van der Waals surface area contributed by atoms with Gasteiger partial charge >= 0.3 is 0 Å². The molecule has 1 N–H and O–H groups in total. The second kappa shape index (κ2) is 3.68. The van der Waals surface area contributed by atoms with Gasteiger partial charge in [-0.05, 0) is 17.7 Å². The van der Waals surface area contributed by atoms with Crippen LogP contribution in [0.1, 0.15) is 10.4 Å². The molecule has 0 saturated carbocycles. The Balaban J connectivity index is 2.69. The summed E-state index contributed by atoms with van der Waals surface area (Å²) in [5.74, 6) is -0.731. The van der Waals surface area contributed by atoms with Crippen LogP contribution in [0.25, 0.3) is 10.9 Å². The van der Waals surface area contributed by atoms with Crippen molar-refractivity contribution in [3.63, 3.8) is 0 Å². The number of carbonyl (C=O) groups is 2. The molecule has 0 saturated heterocycles. The smallest absolute Gasteiger partial charge is 0.293 e. The summed E-state index contributed by atoms with van der Waals surface area (Å²) in [5.41, 5.74) is 0.868. The largest absolute Gasteiger partial charge is 0.359 e. The molecule has 1 aromatic heterocycles. The van der Waals surface area contributed by atoms with Crippen LogP contribution in [0.5, 0.6) is 0 Å². The van der Waals surface area contributed by atoms with E-state index in [1.165, 1.54) is 6.20 Å². The second-order valence-corrected chi connectivity index (χ2v) is 3.72. The lowest BCUT2D eigenvalue weighted by Gasteiger charge is -1.94. The Labute approximate surface area is 95.0 Å². The van der Waals surface area contributed by atoms with E-state index in [9.17, 15) is 9.59 Å². The Hall–Kier alpha value is -1.32. The Kier molecular flexibility index (Phi) is 2.50. The SMILES string of the molecule is O=C(Cl)C(=O)c1c[nH]c2c(Cl)cccc12. The summed E-state index contributed by atoms with van der Waals surface area (Å²) in [4.78, 5) is 25.0. The molecule has 15 heavy (non-hydrogen) atoms. The number of Topliss-reactive ketones (excluding diaryl/α,β-unsaturated/α-hetero) is 1. The zero-order valence-electron chi connectivity index (χ0n) is 7.38. The number of ketones is 1. The lowest BCUT2D eigenvalue weighted by Crippen LogP contribution is -2.06. The number of fused-ring (bicyclic) bond motifs is 1. The molecule has 0 amide bonds.